The first-order chi connectivity index (χ1) is 7.84. The summed E-state index contributed by atoms with van der Waals surface area (Å²) in [7, 11) is 0. The average Bonchev–Trinajstić information content (AvgIpc) is 2.31. The Hall–Kier alpha value is -2.10. The summed E-state index contributed by atoms with van der Waals surface area (Å²) >= 11 is 0. The number of carbonyl (C=O) groups is 1. The van der Waals surface area contributed by atoms with E-state index in [2.05, 4.69) is 10.3 Å². The maximum absolute atomic E-state index is 11.4. The monoisotopic (exact) mass is 216 g/mol. The molecule has 1 N–H and O–H groups in total. The minimum atomic E-state index is -0.483. The third kappa shape index (κ3) is 2.95. The molecule has 1 atom stereocenters. The zero-order valence-electron chi connectivity index (χ0n) is 8.67. The highest BCUT2D eigenvalue weighted by atomic mass is 16.6. The maximum Gasteiger partial charge on any atom is 0.414 e. The van der Waals surface area contributed by atoms with E-state index in [1.165, 1.54) is 0 Å². The molecule has 1 aliphatic heterocycles. The molecular formula is C12H12N2O2. The zero-order valence-corrected chi connectivity index (χ0v) is 8.67. The minimum Gasteiger partial charge on any atom is -0.410 e. The molecule has 0 fully saturated rings. The topological polar surface area (TPSA) is 50.7 Å². The molecule has 16 heavy (non-hydrogen) atoms. The highest BCUT2D eigenvalue weighted by molar-refractivity contribution is 5.74. The molecule has 0 aliphatic carbocycles. The van der Waals surface area contributed by atoms with Crippen molar-refractivity contribution in [2.45, 2.75) is 12.6 Å². The summed E-state index contributed by atoms with van der Waals surface area (Å²) in [5.74, 6) is 0.523. The first-order valence-electron chi connectivity index (χ1n) is 5.06. The summed E-state index contributed by atoms with van der Waals surface area (Å²) in [5, 5.41) is 2.66. The van der Waals surface area contributed by atoms with Crippen molar-refractivity contribution in [2.24, 2.45) is 4.99 Å². The van der Waals surface area contributed by atoms with Gasteiger partial charge in [-0.3, -0.25) is 10.3 Å². The highest BCUT2D eigenvalue weighted by Gasteiger charge is 2.11. The van der Waals surface area contributed by atoms with Gasteiger partial charge < -0.3 is 4.74 Å². The molecule has 1 aromatic carbocycles. The number of ether oxygens (including phenoxy) is 1. The number of amides is 1. The standard InChI is InChI=1S/C12H12N2O2/c15-12(14-11-8-4-5-9-13-11)16-10-6-2-1-3-7-10/h1-7,9,11H,8H2,(H,14,15). The van der Waals surface area contributed by atoms with Crippen LogP contribution >= 0.6 is 0 Å². The van der Waals surface area contributed by atoms with Gasteiger partial charge in [-0.05, 0) is 18.2 Å². The van der Waals surface area contributed by atoms with Crippen LogP contribution in [0, 0.1) is 0 Å². The van der Waals surface area contributed by atoms with Crippen LogP contribution in [-0.2, 0) is 0 Å². The number of benzene rings is 1. The molecule has 82 valence electrons. The van der Waals surface area contributed by atoms with Crippen molar-refractivity contribution in [1.82, 2.24) is 5.32 Å². The van der Waals surface area contributed by atoms with Crippen molar-refractivity contribution >= 4 is 12.3 Å². The number of aliphatic imine (C=N–C) groups is 1. The van der Waals surface area contributed by atoms with Crippen LogP contribution in [0.25, 0.3) is 0 Å². The molecule has 0 spiro atoms. The van der Waals surface area contributed by atoms with Gasteiger partial charge in [-0.1, -0.05) is 24.3 Å². The van der Waals surface area contributed by atoms with Gasteiger partial charge in [0.1, 0.15) is 11.9 Å². The van der Waals surface area contributed by atoms with Crippen molar-refractivity contribution in [3.8, 4) is 5.75 Å². The molecular weight excluding hydrogens is 204 g/mol. The van der Waals surface area contributed by atoms with Crippen LogP contribution in [0.1, 0.15) is 6.42 Å². The molecule has 0 saturated heterocycles. The van der Waals surface area contributed by atoms with E-state index in [4.69, 9.17) is 4.74 Å². The van der Waals surface area contributed by atoms with Crippen molar-refractivity contribution < 1.29 is 9.53 Å². The Morgan fingerprint density at radius 3 is 2.88 bits per heavy atom. The lowest BCUT2D eigenvalue weighted by Gasteiger charge is -2.14. The third-order valence-corrected chi connectivity index (χ3v) is 2.09. The van der Waals surface area contributed by atoms with E-state index in [9.17, 15) is 4.79 Å². The van der Waals surface area contributed by atoms with Gasteiger partial charge in [0.05, 0.1) is 0 Å². The van der Waals surface area contributed by atoms with E-state index >= 15 is 0 Å². The number of hydrogen-bond acceptors (Lipinski definition) is 3. The molecule has 1 aliphatic rings. The summed E-state index contributed by atoms with van der Waals surface area (Å²) < 4.78 is 5.07. The van der Waals surface area contributed by atoms with Crippen LogP contribution in [0.4, 0.5) is 4.79 Å². The number of hydrogen-bond donors (Lipinski definition) is 1. The second-order valence-electron chi connectivity index (χ2n) is 3.32. The van der Waals surface area contributed by atoms with Gasteiger partial charge in [0.25, 0.3) is 0 Å². The Morgan fingerprint density at radius 2 is 2.19 bits per heavy atom. The van der Waals surface area contributed by atoms with Gasteiger partial charge in [0, 0.05) is 12.6 Å². The third-order valence-electron chi connectivity index (χ3n) is 2.09. The van der Waals surface area contributed by atoms with E-state index in [1.54, 1.807) is 18.3 Å². The molecule has 1 aromatic rings. The number of nitrogens with zero attached hydrogens (tertiary/aromatic N) is 1. The molecule has 2 rings (SSSR count). The first-order valence-corrected chi connectivity index (χ1v) is 5.06. The Kier molecular flexibility index (Phi) is 3.33. The van der Waals surface area contributed by atoms with E-state index in [-0.39, 0.29) is 6.17 Å². The number of para-hydroxylation sites is 1. The van der Waals surface area contributed by atoms with E-state index < -0.39 is 6.09 Å². The molecule has 1 heterocycles. The number of carbonyl (C=O) groups excluding carboxylic acids is 1. The fraction of sp³-hybridized carbons (Fsp3) is 0.167. The van der Waals surface area contributed by atoms with Crippen LogP contribution in [0.2, 0.25) is 0 Å². The number of nitrogens with one attached hydrogen (secondary N) is 1. The van der Waals surface area contributed by atoms with Gasteiger partial charge in [-0.25, -0.2) is 4.79 Å². The van der Waals surface area contributed by atoms with Crippen LogP contribution < -0.4 is 10.1 Å². The second kappa shape index (κ2) is 5.11. The fourth-order valence-electron chi connectivity index (χ4n) is 1.34. The Balaban J connectivity index is 1.85. The number of dihydropyridines is 1. The molecule has 1 unspecified atom stereocenters. The lowest BCUT2D eigenvalue weighted by atomic mass is 10.3. The zero-order chi connectivity index (χ0) is 11.2. The van der Waals surface area contributed by atoms with Crippen molar-refractivity contribution in [2.75, 3.05) is 0 Å². The molecule has 0 aromatic heterocycles. The SMILES string of the molecule is O=C(NC1CC=CC=N1)Oc1ccccc1. The summed E-state index contributed by atoms with van der Waals surface area (Å²) in [6, 6.07) is 8.93. The van der Waals surface area contributed by atoms with Gasteiger partial charge in [0.2, 0.25) is 0 Å². The van der Waals surface area contributed by atoms with E-state index in [1.807, 2.05) is 30.4 Å². The van der Waals surface area contributed by atoms with Crippen LogP contribution in [0.3, 0.4) is 0 Å². The Morgan fingerprint density at radius 1 is 1.38 bits per heavy atom. The van der Waals surface area contributed by atoms with Crippen molar-refractivity contribution in [3.63, 3.8) is 0 Å². The Labute approximate surface area is 93.6 Å². The summed E-state index contributed by atoms with van der Waals surface area (Å²) in [5.41, 5.74) is 0. The predicted octanol–water partition coefficient (Wildman–Crippen LogP) is 2.13. The van der Waals surface area contributed by atoms with Crippen molar-refractivity contribution in [3.05, 3.63) is 42.5 Å². The van der Waals surface area contributed by atoms with E-state index in [0.29, 0.717) is 12.2 Å². The summed E-state index contributed by atoms with van der Waals surface area (Å²) in [6.45, 7) is 0. The fourth-order valence-corrected chi connectivity index (χ4v) is 1.34. The molecule has 1 amide bonds. The minimum absolute atomic E-state index is 0.221. The summed E-state index contributed by atoms with van der Waals surface area (Å²) in [4.78, 5) is 15.5. The van der Waals surface area contributed by atoms with Gasteiger partial charge in [0.15, 0.2) is 0 Å². The van der Waals surface area contributed by atoms with Gasteiger partial charge >= 0.3 is 6.09 Å². The quantitative estimate of drug-likeness (QED) is 0.823. The molecule has 0 bridgehead atoms. The Bertz CT molecular complexity index is 412. The number of rotatable bonds is 2. The first kappa shape index (κ1) is 10.4. The van der Waals surface area contributed by atoms with Crippen LogP contribution in [0.15, 0.2) is 47.5 Å². The lowest BCUT2D eigenvalue weighted by molar-refractivity contribution is 0.196. The van der Waals surface area contributed by atoms with Crippen LogP contribution in [0.5, 0.6) is 5.75 Å². The summed E-state index contributed by atoms with van der Waals surface area (Å²) in [6.07, 6.45) is 5.45. The van der Waals surface area contributed by atoms with Crippen molar-refractivity contribution in [1.29, 1.82) is 0 Å². The smallest absolute Gasteiger partial charge is 0.410 e. The molecule has 4 nitrogen and oxygen atoms in total. The number of allylic oxidation sites excluding steroid dienone is 1. The molecule has 4 heteroatoms. The maximum atomic E-state index is 11.4. The van der Waals surface area contributed by atoms with Crippen LogP contribution in [-0.4, -0.2) is 18.5 Å². The predicted molar refractivity (Wildman–Crippen MR) is 61.6 cm³/mol. The lowest BCUT2D eigenvalue weighted by Crippen LogP contribution is -2.36. The largest absolute Gasteiger partial charge is 0.414 e. The normalized spacial score (nSPS) is 18.1. The van der Waals surface area contributed by atoms with Gasteiger partial charge in [-0.2, -0.15) is 0 Å². The highest BCUT2D eigenvalue weighted by Crippen LogP contribution is 2.09. The average molecular weight is 216 g/mol. The molecule has 0 radical (unpaired) electrons. The second-order valence-corrected chi connectivity index (χ2v) is 3.32. The van der Waals surface area contributed by atoms with E-state index in [0.717, 1.165) is 0 Å². The van der Waals surface area contributed by atoms with Gasteiger partial charge in [-0.15, -0.1) is 0 Å². The molecule has 0 saturated carbocycles.